The van der Waals surface area contributed by atoms with Gasteiger partial charge in [-0.25, -0.2) is 0 Å². The molecule has 3 heteroatoms. The van der Waals surface area contributed by atoms with Crippen LogP contribution in [0.15, 0.2) is 51.9 Å². The number of carbonyl (C=O) groups is 1. The molecule has 0 unspecified atom stereocenters. The Labute approximate surface area is 92.1 Å². The summed E-state index contributed by atoms with van der Waals surface area (Å²) in [7, 11) is 0. The maximum atomic E-state index is 11.7. The van der Waals surface area contributed by atoms with E-state index in [0.29, 0.717) is 6.42 Å². The Kier molecular flexibility index (Phi) is 1.92. The number of carbonyl (C=O) groups excluding carboxylic acids is 1. The number of rotatable bonds is 0. The second kappa shape index (κ2) is 3.28. The molecule has 1 aliphatic carbocycles. The van der Waals surface area contributed by atoms with Gasteiger partial charge in [-0.2, -0.15) is 0 Å². The summed E-state index contributed by atoms with van der Waals surface area (Å²) >= 11 is 1.65. The minimum Gasteiger partial charge on any atom is -0.351 e. The minimum atomic E-state index is 0.175. The summed E-state index contributed by atoms with van der Waals surface area (Å²) in [5.41, 5.74) is 1.78. The second-order valence-electron chi connectivity index (χ2n) is 3.49. The lowest BCUT2D eigenvalue weighted by molar-refractivity contribution is -0.114. The fraction of sp³-hybridized carbons (Fsp3) is 0.0833. The number of nitrogens with one attached hydrogen (secondary N) is 1. The molecule has 0 saturated carbocycles. The number of hydrogen-bond acceptors (Lipinski definition) is 3. The fourth-order valence-electron chi connectivity index (χ4n) is 1.72. The number of benzene rings is 1. The molecule has 3 rings (SSSR count). The first-order chi connectivity index (χ1) is 7.34. The third-order valence-corrected chi connectivity index (χ3v) is 3.60. The van der Waals surface area contributed by atoms with Gasteiger partial charge in [-0.15, -0.1) is 0 Å². The van der Waals surface area contributed by atoms with Crippen LogP contribution in [0.5, 0.6) is 0 Å². The Balaban J connectivity index is 2.08. The number of Topliss-reactive ketones (excluding diaryl/α,β-unsaturated/α-hetero) is 1. The lowest BCUT2D eigenvalue weighted by Crippen LogP contribution is -2.17. The first-order valence-electron chi connectivity index (χ1n) is 4.82. The molecular weight excluding hydrogens is 206 g/mol. The molecule has 0 radical (unpaired) electrons. The largest absolute Gasteiger partial charge is 0.351 e. The molecule has 0 amide bonds. The van der Waals surface area contributed by atoms with Gasteiger partial charge in [0.25, 0.3) is 0 Å². The van der Waals surface area contributed by atoms with Gasteiger partial charge in [0, 0.05) is 16.2 Å². The van der Waals surface area contributed by atoms with Gasteiger partial charge in [-0.1, -0.05) is 30.0 Å². The molecule has 15 heavy (non-hydrogen) atoms. The average Bonchev–Trinajstić information content (AvgIpc) is 2.27. The third-order valence-electron chi connectivity index (χ3n) is 2.46. The molecular formula is C12H9NOS. The van der Waals surface area contributed by atoms with Crippen LogP contribution in [0.2, 0.25) is 0 Å². The standard InChI is InChI=1S/C12H9NOS/c14-9-5-3-7-11-12(9)13-8-4-1-2-6-10(8)15-11/h1-4,6-7,13H,5H2. The summed E-state index contributed by atoms with van der Waals surface area (Å²) in [5, 5.41) is 3.21. The first kappa shape index (κ1) is 8.80. The number of allylic oxidation sites excluding steroid dienone is 3. The normalized spacial score (nSPS) is 18.3. The molecule has 1 N–H and O–H groups in total. The average molecular weight is 215 g/mol. The zero-order chi connectivity index (χ0) is 10.3. The van der Waals surface area contributed by atoms with E-state index in [2.05, 4.69) is 11.4 Å². The molecule has 0 spiro atoms. The summed E-state index contributed by atoms with van der Waals surface area (Å²) < 4.78 is 0. The smallest absolute Gasteiger partial charge is 0.183 e. The van der Waals surface area contributed by atoms with Crippen molar-refractivity contribution < 1.29 is 4.79 Å². The van der Waals surface area contributed by atoms with Crippen molar-refractivity contribution in [3.05, 3.63) is 47.0 Å². The van der Waals surface area contributed by atoms with E-state index in [9.17, 15) is 4.79 Å². The van der Waals surface area contributed by atoms with Gasteiger partial charge in [-0.3, -0.25) is 4.79 Å². The van der Waals surface area contributed by atoms with E-state index in [0.717, 1.165) is 16.3 Å². The summed E-state index contributed by atoms with van der Waals surface area (Å²) in [6.07, 6.45) is 4.45. The van der Waals surface area contributed by atoms with Crippen LogP contribution >= 0.6 is 11.8 Å². The highest BCUT2D eigenvalue weighted by Crippen LogP contribution is 2.41. The molecule has 2 aliphatic rings. The number of anilines is 1. The van der Waals surface area contributed by atoms with E-state index in [-0.39, 0.29) is 5.78 Å². The van der Waals surface area contributed by atoms with Crippen LogP contribution in [0.4, 0.5) is 5.69 Å². The minimum absolute atomic E-state index is 0.175. The van der Waals surface area contributed by atoms with Crippen molar-refractivity contribution in [3.8, 4) is 0 Å². The number of hydrogen-bond donors (Lipinski definition) is 1. The van der Waals surface area contributed by atoms with Gasteiger partial charge in [0.15, 0.2) is 5.78 Å². The van der Waals surface area contributed by atoms with Crippen LogP contribution in [0.25, 0.3) is 0 Å². The van der Waals surface area contributed by atoms with E-state index in [1.807, 2.05) is 30.4 Å². The van der Waals surface area contributed by atoms with Gasteiger partial charge in [0.1, 0.15) is 0 Å². The quantitative estimate of drug-likeness (QED) is 0.721. The van der Waals surface area contributed by atoms with Crippen LogP contribution in [-0.2, 0) is 4.79 Å². The lowest BCUT2D eigenvalue weighted by Gasteiger charge is -2.23. The Hall–Kier alpha value is -1.48. The van der Waals surface area contributed by atoms with Crippen molar-refractivity contribution in [2.24, 2.45) is 0 Å². The highest BCUT2D eigenvalue weighted by atomic mass is 32.2. The van der Waals surface area contributed by atoms with Crippen LogP contribution in [0.1, 0.15) is 6.42 Å². The van der Waals surface area contributed by atoms with E-state index >= 15 is 0 Å². The van der Waals surface area contributed by atoms with Crippen molar-refractivity contribution in [1.29, 1.82) is 0 Å². The Morgan fingerprint density at radius 1 is 1.27 bits per heavy atom. The maximum absolute atomic E-state index is 11.7. The maximum Gasteiger partial charge on any atom is 0.183 e. The van der Waals surface area contributed by atoms with E-state index in [4.69, 9.17) is 0 Å². The number of thioether (sulfide) groups is 1. The zero-order valence-corrected chi connectivity index (χ0v) is 8.80. The molecule has 74 valence electrons. The van der Waals surface area contributed by atoms with Crippen molar-refractivity contribution in [2.75, 3.05) is 5.32 Å². The molecule has 2 nitrogen and oxygen atoms in total. The summed E-state index contributed by atoms with van der Waals surface area (Å²) in [6.45, 7) is 0. The predicted molar refractivity (Wildman–Crippen MR) is 61.7 cm³/mol. The molecule has 1 aliphatic heterocycles. The number of fused-ring (bicyclic) bond motifs is 1. The van der Waals surface area contributed by atoms with Gasteiger partial charge < -0.3 is 5.32 Å². The first-order valence-corrected chi connectivity index (χ1v) is 5.64. The van der Waals surface area contributed by atoms with Gasteiger partial charge in [0.2, 0.25) is 0 Å². The lowest BCUT2D eigenvalue weighted by atomic mass is 10.1. The third kappa shape index (κ3) is 1.39. The number of ketones is 1. The Morgan fingerprint density at radius 3 is 3.07 bits per heavy atom. The monoisotopic (exact) mass is 215 g/mol. The highest BCUT2D eigenvalue weighted by Gasteiger charge is 2.23. The van der Waals surface area contributed by atoms with E-state index < -0.39 is 0 Å². The van der Waals surface area contributed by atoms with Gasteiger partial charge >= 0.3 is 0 Å². The van der Waals surface area contributed by atoms with Gasteiger partial charge in [0.05, 0.1) is 11.4 Å². The molecule has 0 bridgehead atoms. The van der Waals surface area contributed by atoms with Crippen LogP contribution in [-0.4, -0.2) is 5.78 Å². The van der Waals surface area contributed by atoms with Gasteiger partial charge in [-0.05, 0) is 18.2 Å². The van der Waals surface area contributed by atoms with E-state index in [1.54, 1.807) is 11.8 Å². The summed E-state index contributed by atoms with van der Waals surface area (Å²) in [5.74, 6) is 0.175. The molecule has 0 atom stereocenters. The zero-order valence-electron chi connectivity index (χ0n) is 7.99. The summed E-state index contributed by atoms with van der Waals surface area (Å²) in [4.78, 5) is 13.9. The molecule has 0 fully saturated rings. The Bertz CT molecular complexity index is 502. The molecule has 0 saturated heterocycles. The number of para-hydroxylation sites is 1. The molecule has 1 aromatic rings. The van der Waals surface area contributed by atoms with E-state index in [1.165, 1.54) is 4.90 Å². The van der Waals surface area contributed by atoms with Crippen molar-refractivity contribution in [3.63, 3.8) is 0 Å². The molecule has 1 aromatic carbocycles. The fourth-order valence-corrected chi connectivity index (χ4v) is 2.77. The van der Waals surface area contributed by atoms with Crippen LogP contribution < -0.4 is 5.32 Å². The Morgan fingerprint density at radius 2 is 2.13 bits per heavy atom. The van der Waals surface area contributed by atoms with Crippen molar-refractivity contribution in [2.45, 2.75) is 11.3 Å². The van der Waals surface area contributed by atoms with Crippen LogP contribution in [0, 0.1) is 0 Å². The topological polar surface area (TPSA) is 29.1 Å². The predicted octanol–water partition coefficient (Wildman–Crippen LogP) is 2.94. The summed E-state index contributed by atoms with van der Waals surface area (Å²) in [6, 6.07) is 8.04. The second-order valence-corrected chi connectivity index (χ2v) is 4.58. The highest BCUT2D eigenvalue weighted by molar-refractivity contribution is 8.03. The SMILES string of the molecule is O=C1CC=CC2=C1Nc1ccccc1S2. The molecule has 1 heterocycles. The van der Waals surface area contributed by atoms with Crippen molar-refractivity contribution >= 4 is 23.2 Å². The molecule has 0 aromatic heterocycles. The van der Waals surface area contributed by atoms with Crippen molar-refractivity contribution in [1.82, 2.24) is 0 Å². The van der Waals surface area contributed by atoms with Crippen LogP contribution in [0.3, 0.4) is 0 Å².